The van der Waals surface area contributed by atoms with Crippen LogP contribution in [0.5, 0.6) is 0 Å². The van der Waals surface area contributed by atoms with Crippen molar-refractivity contribution in [1.29, 1.82) is 0 Å². The minimum Gasteiger partial charge on any atom is -0.459 e. The molecule has 3 aromatic heterocycles. The van der Waals surface area contributed by atoms with E-state index >= 15 is 0 Å². The summed E-state index contributed by atoms with van der Waals surface area (Å²) in [6, 6.07) is 11.5. The van der Waals surface area contributed by atoms with Gasteiger partial charge in [0.1, 0.15) is 0 Å². The number of nitrogens with zero attached hydrogens (tertiary/aromatic N) is 3. The summed E-state index contributed by atoms with van der Waals surface area (Å²) >= 11 is 1.70. The summed E-state index contributed by atoms with van der Waals surface area (Å²) < 4.78 is 16.9. The third-order valence-electron chi connectivity index (χ3n) is 3.92. The molecular weight excluding hydrogens is 366 g/mol. The van der Waals surface area contributed by atoms with Gasteiger partial charge < -0.3 is 13.6 Å². The molecule has 1 aromatic carbocycles. The highest BCUT2D eigenvalue weighted by Gasteiger charge is 2.12. The monoisotopic (exact) mass is 383 g/mol. The Morgan fingerprint density at radius 3 is 2.89 bits per heavy atom. The molecule has 0 amide bonds. The number of esters is 1. The van der Waals surface area contributed by atoms with Crippen LogP contribution in [0.2, 0.25) is 0 Å². The van der Waals surface area contributed by atoms with E-state index in [-0.39, 0.29) is 24.4 Å². The summed E-state index contributed by atoms with van der Waals surface area (Å²) in [4.78, 5) is 16.5. The summed E-state index contributed by atoms with van der Waals surface area (Å²) in [6.07, 6.45) is 4.37. The minimum atomic E-state index is -0.281. The van der Waals surface area contributed by atoms with Crippen LogP contribution in [0.4, 0.5) is 0 Å². The van der Waals surface area contributed by atoms with Crippen molar-refractivity contribution in [2.75, 3.05) is 0 Å². The Kier molecular flexibility index (Phi) is 5.24. The van der Waals surface area contributed by atoms with Gasteiger partial charge in [0.15, 0.2) is 12.4 Å². The van der Waals surface area contributed by atoms with Crippen molar-refractivity contribution < 1.29 is 18.4 Å². The van der Waals surface area contributed by atoms with E-state index in [2.05, 4.69) is 21.2 Å². The molecule has 3 heterocycles. The number of fused-ring (bicyclic) bond motifs is 1. The number of hydrogen-bond acceptors (Lipinski definition) is 8. The van der Waals surface area contributed by atoms with E-state index in [1.807, 2.05) is 18.2 Å². The molecule has 0 unspecified atom stereocenters. The largest absolute Gasteiger partial charge is 0.459 e. The van der Waals surface area contributed by atoms with Gasteiger partial charge in [-0.1, -0.05) is 12.1 Å². The Bertz CT molecular complexity index is 990. The molecule has 4 rings (SSSR count). The van der Waals surface area contributed by atoms with Crippen LogP contribution in [0.1, 0.15) is 30.2 Å². The molecule has 0 N–H and O–H groups in total. The van der Waals surface area contributed by atoms with Gasteiger partial charge in [0, 0.05) is 6.42 Å². The van der Waals surface area contributed by atoms with Crippen LogP contribution >= 0.6 is 11.3 Å². The van der Waals surface area contributed by atoms with Gasteiger partial charge in [-0.3, -0.25) is 4.79 Å². The maximum Gasteiger partial charge on any atom is 0.306 e. The maximum atomic E-state index is 11.9. The third kappa shape index (κ3) is 4.40. The lowest BCUT2D eigenvalue weighted by atomic mass is 10.2. The highest BCUT2D eigenvalue weighted by molar-refractivity contribution is 7.18. The molecule has 0 aliphatic heterocycles. The van der Waals surface area contributed by atoms with Gasteiger partial charge >= 0.3 is 5.97 Å². The lowest BCUT2D eigenvalue weighted by Gasteiger charge is -2.01. The smallest absolute Gasteiger partial charge is 0.306 e. The topological polar surface area (TPSA) is 91.2 Å². The fourth-order valence-electron chi connectivity index (χ4n) is 2.60. The number of thiazole rings is 1. The SMILES string of the molecule is O=C(CCCCc1nc2ccccc2s1)OCc1nnc(-c2ccco2)o1. The van der Waals surface area contributed by atoms with Gasteiger partial charge in [-0.05, 0) is 43.5 Å². The third-order valence-corrected chi connectivity index (χ3v) is 5.01. The molecule has 0 radical (unpaired) electrons. The highest BCUT2D eigenvalue weighted by Crippen LogP contribution is 2.23. The number of para-hydroxylation sites is 1. The predicted molar refractivity (Wildman–Crippen MR) is 99.0 cm³/mol. The van der Waals surface area contributed by atoms with Crippen LogP contribution in [0.3, 0.4) is 0 Å². The van der Waals surface area contributed by atoms with Crippen LogP contribution in [0.15, 0.2) is 51.5 Å². The lowest BCUT2D eigenvalue weighted by Crippen LogP contribution is -2.04. The van der Waals surface area contributed by atoms with Gasteiger partial charge in [0.05, 0.1) is 21.5 Å². The Balaban J connectivity index is 1.18. The van der Waals surface area contributed by atoms with Crippen LogP contribution in [0, 0.1) is 0 Å². The summed E-state index contributed by atoms with van der Waals surface area (Å²) in [7, 11) is 0. The molecule has 0 aliphatic carbocycles. The van der Waals surface area contributed by atoms with E-state index < -0.39 is 0 Å². The average molecular weight is 383 g/mol. The summed E-state index contributed by atoms with van der Waals surface area (Å²) in [5.41, 5.74) is 1.03. The molecule has 0 saturated carbocycles. The number of rotatable bonds is 8. The zero-order chi connectivity index (χ0) is 18.5. The molecule has 0 fully saturated rings. The molecular formula is C19H17N3O4S. The first-order valence-corrected chi connectivity index (χ1v) is 9.46. The zero-order valence-corrected chi connectivity index (χ0v) is 15.3. The second kappa shape index (κ2) is 8.13. The van der Waals surface area contributed by atoms with E-state index in [0.717, 1.165) is 29.8 Å². The molecule has 138 valence electrons. The summed E-state index contributed by atoms with van der Waals surface area (Å²) in [6.45, 7) is -0.0373. The number of benzene rings is 1. The van der Waals surface area contributed by atoms with E-state index in [9.17, 15) is 4.79 Å². The van der Waals surface area contributed by atoms with Crippen LogP contribution < -0.4 is 0 Å². The van der Waals surface area contributed by atoms with E-state index in [1.54, 1.807) is 23.5 Å². The van der Waals surface area contributed by atoms with Crippen molar-refractivity contribution in [3.05, 3.63) is 53.6 Å². The van der Waals surface area contributed by atoms with Crippen LogP contribution in [-0.4, -0.2) is 21.2 Å². The molecule has 27 heavy (non-hydrogen) atoms. The molecule has 4 aromatic rings. The second-order valence-electron chi connectivity index (χ2n) is 5.92. The molecule has 7 nitrogen and oxygen atoms in total. The Morgan fingerprint density at radius 1 is 1.11 bits per heavy atom. The van der Waals surface area contributed by atoms with Crippen LogP contribution in [0.25, 0.3) is 21.9 Å². The molecule has 0 atom stereocenters. The number of carbonyl (C=O) groups excluding carboxylic acids is 1. The van der Waals surface area contributed by atoms with Crippen molar-refractivity contribution in [3.8, 4) is 11.7 Å². The van der Waals surface area contributed by atoms with Crippen molar-refractivity contribution >= 4 is 27.5 Å². The maximum absolute atomic E-state index is 11.9. The first-order chi connectivity index (χ1) is 13.3. The van der Waals surface area contributed by atoms with Crippen molar-refractivity contribution in [2.24, 2.45) is 0 Å². The first-order valence-electron chi connectivity index (χ1n) is 8.64. The number of furan rings is 1. The van der Waals surface area contributed by atoms with Gasteiger partial charge in [-0.15, -0.1) is 21.5 Å². The van der Waals surface area contributed by atoms with Gasteiger partial charge in [-0.2, -0.15) is 0 Å². The van der Waals surface area contributed by atoms with Crippen molar-refractivity contribution in [1.82, 2.24) is 15.2 Å². The average Bonchev–Trinajstić information content (AvgIpc) is 3.43. The minimum absolute atomic E-state index is 0.0373. The molecule has 0 spiro atoms. The molecule has 0 saturated heterocycles. The zero-order valence-electron chi connectivity index (χ0n) is 14.5. The normalized spacial score (nSPS) is 11.1. The Hall–Kier alpha value is -3.00. The fraction of sp³-hybridized carbons (Fsp3) is 0.263. The number of carbonyl (C=O) groups is 1. The highest BCUT2D eigenvalue weighted by atomic mass is 32.1. The standard InChI is InChI=1S/C19H17N3O4S/c23-18(25-12-16-21-22-19(26-16)14-7-5-11-24-14)10-4-3-9-17-20-13-6-1-2-8-15(13)27-17/h1-2,5-8,11H,3-4,9-10,12H2. The lowest BCUT2D eigenvalue weighted by molar-refractivity contribution is -0.145. The molecule has 8 heteroatoms. The van der Waals surface area contributed by atoms with E-state index in [4.69, 9.17) is 13.6 Å². The number of aryl methyl sites for hydroxylation is 1. The van der Waals surface area contributed by atoms with Gasteiger partial charge in [0.25, 0.3) is 11.8 Å². The fourth-order valence-corrected chi connectivity index (χ4v) is 3.61. The van der Waals surface area contributed by atoms with Crippen molar-refractivity contribution in [2.45, 2.75) is 32.3 Å². The second-order valence-corrected chi connectivity index (χ2v) is 7.04. The van der Waals surface area contributed by atoms with E-state index in [0.29, 0.717) is 12.2 Å². The predicted octanol–water partition coefficient (Wildman–Crippen LogP) is 4.40. The number of hydrogen-bond donors (Lipinski definition) is 0. The summed E-state index contributed by atoms with van der Waals surface area (Å²) in [5, 5.41) is 8.79. The first kappa shape index (κ1) is 17.4. The van der Waals surface area contributed by atoms with Crippen molar-refractivity contribution in [3.63, 3.8) is 0 Å². The van der Waals surface area contributed by atoms with E-state index in [1.165, 1.54) is 11.0 Å². The Labute approximate surface area is 159 Å². The molecule has 0 bridgehead atoms. The number of ether oxygens (including phenoxy) is 1. The van der Waals surface area contributed by atoms with Crippen LogP contribution in [-0.2, 0) is 22.6 Å². The number of unbranched alkanes of at least 4 members (excludes halogenated alkanes) is 1. The van der Waals surface area contributed by atoms with Gasteiger partial charge in [-0.25, -0.2) is 4.98 Å². The molecule has 0 aliphatic rings. The Morgan fingerprint density at radius 2 is 2.04 bits per heavy atom. The number of aromatic nitrogens is 3. The quantitative estimate of drug-likeness (QED) is 0.329. The summed E-state index contributed by atoms with van der Waals surface area (Å²) in [5.74, 6) is 0.707. The van der Waals surface area contributed by atoms with Gasteiger partial charge in [0.2, 0.25) is 0 Å².